The van der Waals surface area contributed by atoms with Crippen LogP contribution in [0.1, 0.15) is 6.23 Å². The molecule has 0 radical (unpaired) electrons. The number of aromatic nitrogens is 4. The largest absolute Gasteiger partial charge is 0.479 e. The third-order valence-corrected chi connectivity index (χ3v) is 6.48. The fraction of sp³-hybridized carbons (Fsp3) is 0.583. The van der Waals surface area contributed by atoms with Crippen LogP contribution in [0.2, 0.25) is 0 Å². The summed E-state index contributed by atoms with van der Waals surface area (Å²) in [4.78, 5) is 40.7. The Morgan fingerprint density at radius 1 is 1.41 bits per heavy atom. The summed E-state index contributed by atoms with van der Waals surface area (Å²) < 4.78 is 43.8. The van der Waals surface area contributed by atoms with Gasteiger partial charge in [0, 0.05) is 13.8 Å². The fourth-order valence-electron chi connectivity index (χ4n) is 2.85. The summed E-state index contributed by atoms with van der Waals surface area (Å²) in [6.45, 7) is 0.0375. The first-order valence-corrected chi connectivity index (χ1v) is 11.5. The molecule has 0 saturated carbocycles. The molecular weight excluding hydrogens is 436 g/mol. The minimum absolute atomic E-state index is 0.0262. The van der Waals surface area contributed by atoms with Gasteiger partial charge in [-0.05, 0) is 0 Å². The first-order chi connectivity index (χ1) is 13.4. The van der Waals surface area contributed by atoms with Gasteiger partial charge in [0.2, 0.25) is 5.95 Å². The van der Waals surface area contributed by atoms with Crippen molar-refractivity contribution in [3.8, 4) is 0 Å². The number of H-pyrrole nitrogens is 1. The predicted molar refractivity (Wildman–Crippen MR) is 95.9 cm³/mol. The van der Waals surface area contributed by atoms with Crippen LogP contribution in [0, 0.1) is 0 Å². The number of aromatic amines is 1. The molecule has 1 saturated heterocycles. The van der Waals surface area contributed by atoms with Crippen LogP contribution in [-0.2, 0) is 27.4 Å². The maximum absolute atomic E-state index is 11.9. The van der Waals surface area contributed by atoms with Crippen LogP contribution in [0.5, 0.6) is 0 Å². The molecular formula is C12H19N5O10P2. The molecule has 29 heavy (non-hydrogen) atoms. The van der Waals surface area contributed by atoms with E-state index < -0.39 is 52.1 Å². The van der Waals surface area contributed by atoms with E-state index in [1.807, 2.05) is 0 Å². The highest BCUT2D eigenvalue weighted by molar-refractivity contribution is 7.63. The van der Waals surface area contributed by atoms with Crippen LogP contribution in [-0.4, -0.2) is 73.1 Å². The Labute approximate surface area is 162 Å². The van der Waals surface area contributed by atoms with Crippen LogP contribution in [0.4, 0.5) is 5.95 Å². The van der Waals surface area contributed by atoms with Gasteiger partial charge >= 0.3 is 15.4 Å². The van der Waals surface area contributed by atoms with Gasteiger partial charge in [0.25, 0.3) is 5.56 Å². The zero-order valence-corrected chi connectivity index (χ0v) is 16.9. The van der Waals surface area contributed by atoms with Gasteiger partial charge in [-0.15, -0.1) is 0 Å². The molecule has 1 aliphatic rings. The van der Waals surface area contributed by atoms with Crippen molar-refractivity contribution in [2.24, 2.45) is 0 Å². The number of anilines is 1. The monoisotopic (exact) mass is 455 g/mol. The number of rotatable bonds is 7. The van der Waals surface area contributed by atoms with Crippen molar-refractivity contribution in [3.05, 3.63) is 16.7 Å². The maximum atomic E-state index is 11.9. The zero-order chi connectivity index (χ0) is 21.6. The third kappa shape index (κ3) is 4.74. The van der Waals surface area contributed by atoms with Gasteiger partial charge in [-0.2, -0.15) is 4.98 Å². The molecule has 1 aliphatic heterocycles. The van der Waals surface area contributed by atoms with E-state index in [1.165, 1.54) is 18.0 Å². The van der Waals surface area contributed by atoms with E-state index in [4.69, 9.17) is 20.1 Å². The summed E-state index contributed by atoms with van der Waals surface area (Å²) in [6.07, 6.45) is -3.35. The van der Waals surface area contributed by atoms with Crippen molar-refractivity contribution in [2.75, 3.05) is 26.1 Å². The van der Waals surface area contributed by atoms with Gasteiger partial charge in [0.1, 0.15) is 18.3 Å². The number of nitrogen functional groups attached to an aromatic ring is 1. The highest BCUT2D eigenvalue weighted by atomic mass is 31.3. The number of methoxy groups -OCH3 is 1. The minimum atomic E-state index is -4.89. The Bertz CT molecular complexity index is 1050. The number of hydrogen-bond donors (Lipinski definition) is 5. The average molecular weight is 455 g/mol. The second-order valence-electron chi connectivity index (χ2n) is 6.18. The average Bonchev–Trinajstić information content (AvgIpc) is 3.11. The summed E-state index contributed by atoms with van der Waals surface area (Å²) in [7, 11) is -7.90. The number of hydrogen-bond acceptors (Lipinski definition) is 11. The Morgan fingerprint density at radius 2 is 2.10 bits per heavy atom. The minimum Gasteiger partial charge on any atom is -0.387 e. The molecule has 15 nitrogen and oxygen atoms in total. The Hall–Kier alpha value is -1.67. The SMILES string of the molecule is CO[C@H]1C(O)[C@@H](COP(=O)(O)OP(C)(=O)O)O[C@H]1n1cnc2c(=O)[nH]c(N)nc21. The van der Waals surface area contributed by atoms with Gasteiger partial charge in [-0.3, -0.25) is 23.4 Å². The van der Waals surface area contributed by atoms with E-state index in [0.29, 0.717) is 6.66 Å². The topological polar surface area (TPSA) is 221 Å². The van der Waals surface area contributed by atoms with Gasteiger partial charge < -0.3 is 30.1 Å². The lowest BCUT2D eigenvalue weighted by Crippen LogP contribution is -2.35. The lowest BCUT2D eigenvalue weighted by molar-refractivity contribution is -0.0576. The fourth-order valence-corrected chi connectivity index (χ4v) is 4.90. The molecule has 0 amide bonds. The molecule has 0 aromatic carbocycles. The molecule has 3 unspecified atom stereocenters. The summed E-state index contributed by atoms with van der Waals surface area (Å²) in [5, 5.41) is 10.4. The summed E-state index contributed by atoms with van der Waals surface area (Å²) >= 11 is 0. The maximum Gasteiger partial charge on any atom is 0.479 e. The van der Waals surface area contributed by atoms with Gasteiger partial charge in [-0.25, -0.2) is 13.9 Å². The molecule has 3 heterocycles. The summed E-state index contributed by atoms with van der Waals surface area (Å²) in [5.74, 6) is -0.164. The predicted octanol–water partition coefficient (Wildman–Crippen LogP) is -1.08. The quantitative estimate of drug-likeness (QED) is 0.314. The standard InChI is InChI=1S/C12H19N5O10P2/c1-24-8-7(18)5(3-25-29(22,23)27-28(2,20)21)26-11(8)17-4-14-6-9(17)15-12(13)16-10(6)19/h4-5,7-8,11,18H,3H2,1-2H3,(H,20,21)(H,22,23)(H3,13,15,16,19)/t5-,7?,8+,11-/m1/s1. The molecule has 0 spiro atoms. The van der Waals surface area contributed by atoms with Crippen LogP contribution >= 0.6 is 15.4 Å². The van der Waals surface area contributed by atoms with Crippen molar-refractivity contribution in [1.29, 1.82) is 0 Å². The van der Waals surface area contributed by atoms with Crippen LogP contribution < -0.4 is 11.3 Å². The summed E-state index contributed by atoms with van der Waals surface area (Å²) in [5.41, 5.74) is 5.01. The number of aliphatic hydroxyl groups excluding tert-OH is 1. The number of phosphoric acid groups is 1. The summed E-state index contributed by atoms with van der Waals surface area (Å²) in [6, 6.07) is 0. The van der Waals surface area contributed by atoms with Crippen molar-refractivity contribution in [3.63, 3.8) is 0 Å². The van der Waals surface area contributed by atoms with Gasteiger partial charge in [-0.1, -0.05) is 0 Å². The Kier molecular flexibility index (Phi) is 5.98. The number of nitrogens with one attached hydrogen (secondary N) is 1. The molecule has 17 heteroatoms. The molecule has 1 fully saturated rings. The number of aliphatic hydroxyl groups is 1. The number of nitrogens with zero attached hydrogens (tertiary/aromatic N) is 3. The molecule has 2 aromatic rings. The van der Waals surface area contributed by atoms with E-state index in [9.17, 15) is 23.9 Å². The van der Waals surface area contributed by atoms with Crippen molar-refractivity contribution >= 4 is 32.5 Å². The number of imidazole rings is 1. The number of nitrogens with two attached hydrogens (primary N) is 1. The smallest absolute Gasteiger partial charge is 0.387 e. The second-order valence-corrected chi connectivity index (χ2v) is 9.63. The molecule has 0 bridgehead atoms. The number of phosphoric ester groups is 1. The molecule has 0 aliphatic carbocycles. The van der Waals surface area contributed by atoms with Crippen LogP contribution in [0.25, 0.3) is 11.2 Å². The van der Waals surface area contributed by atoms with E-state index >= 15 is 0 Å². The van der Waals surface area contributed by atoms with Gasteiger partial charge in [0.05, 0.1) is 12.9 Å². The Morgan fingerprint density at radius 3 is 2.72 bits per heavy atom. The molecule has 2 aromatic heterocycles. The Balaban J connectivity index is 1.83. The first-order valence-electron chi connectivity index (χ1n) is 7.99. The van der Waals surface area contributed by atoms with E-state index in [-0.39, 0.29) is 17.1 Å². The van der Waals surface area contributed by atoms with Crippen molar-refractivity contribution in [2.45, 2.75) is 24.5 Å². The molecule has 6 atom stereocenters. The van der Waals surface area contributed by atoms with Crippen molar-refractivity contribution in [1.82, 2.24) is 19.5 Å². The highest BCUT2D eigenvalue weighted by Crippen LogP contribution is 2.58. The first kappa shape index (κ1) is 22.0. The molecule has 3 rings (SSSR count). The van der Waals surface area contributed by atoms with Crippen molar-refractivity contribution < 1.29 is 42.3 Å². The van der Waals surface area contributed by atoms with E-state index in [1.54, 1.807) is 0 Å². The normalized spacial score (nSPS) is 29.0. The molecule has 6 N–H and O–H groups in total. The zero-order valence-electron chi connectivity index (χ0n) is 15.1. The van der Waals surface area contributed by atoms with Crippen LogP contribution in [0.15, 0.2) is 11.1 Å². The number of fused-ring (bicyclic) bond motifs is 1. The van der Waals surface area contributed by atoms with E-state index in [2.05, 4.69) is 23.8 Å². The van der Waals surface area contributed by atoms with Gasteiger partial charge in [0.15, 0.2) is 17.4 Å². The highest BCUT2D eigenvalue weighted by Gasteiger charge is 2.47. The second kappa shape index (κ2) is 7.87. The lowest BCUT2D eigenvalue weighted by atomic mass is 10.1. The van der Waals surface area contributed by atoms with E-state index in [0.717, 1.165) is 0 Å². The lowest BCUT2D eigenvalue weighted by Gasteiger charge is -2.19. The molecule has 162 valence electrons. The van der Waals surface area contributed by atoms with Crippen LogP contribution in [0.3, 0.4) is 0 Å². The number of ether oxygens (including phenoxy) is 2. The third-order valence-electron chi connectivity index (χ3n) is 3.97.